The zero-order valence-corrected chi connectivity index (χ0v) is 13.4. The molecular weight excluding hydrogens is 298 g/mol. The molecule has 0 aliphatic carbocycles. The van der Waals surface area contributed by atoms with Crippen LogP contribution in [0.2, 0.25) is 0 Å². The topological polar surface area (TPSA) is 98.7 Å². The lowest BCUT2D eigenvalue weighted by Gasteiger charge is -2.21. The zero-order valence-electron chi connectivity index (χ0n) is 13.4. The van der Waals surface area contributed by atoms with Crippen LogP contribution in [0.4, 0.5) is 10.5 Å². The summed E-state index contributed by atoms with van der Waals surface area (Å²) in [6.07, 6.45) is 0. The highest BCUT2D eigenvalue weighted by atomic mass is 16.4. The van der Waals surface area contributed by atoms with E-state index < -0.39 is 17.9 Å². The van der Waals surface area contributed by atoms with Crippen LogP contribution in [0.1, 0.15) is 29.8 Å². The van der Waals surface area contributed by atoms with Gasteiger partial charge in [0.15, 0.2) is 0 Å². The number of nitrogens with one attached hydrogen (secondary N) is 2. The minimum atomic E-state index is -1.07. The van der Waals surface area contributed by atoms with E-state index in [4.69, 9.17) is 0 Å². The molecule has 2 rings (SSSR count). The van der Waals surface area contributed by atoms with Crippen LogP contribution in [0, 0.1) is 12.8 Å². The maximum Gasteiger partial charge on any atom is 0.326 e. The Morgan fingerprint density at radius 3 is 2.57 bits per heavy atom. The van der Waals surface area contributed by atoms with E-state index in [-0.39, 0.29) is 11.9 Å². The summed E-state index contributed by atoms with van der Waals surface area (Å²) < 4.78 is 0. The molecule has 1 aromatic rings. The van der Waals surface area contributed by atoms with E-state index in [0.717, 1.165) is 0 Å². The Morgan fingerprint density at radius 1 is 1.35 bits per heavy atom. The van der Waals surface area contributed by atoms with Crippen molar-refractivity contribution in [2.75, 3.05) is 18.0 Å². The number of nitrogens with zero attached hydrogens (tertiary/aromatic N) is 1. The Balaban J connectivity index is 2.28. The second kappa shape index (κ2) is 6.68. The molecule has 1 aliphatic rings. The molecule has 0 saturated carbocycles. The Morgan fingerprint density at radius 2 is 2.04 bits per heavy atom. The SMILES string of the molecule is Cc1c(C(=O)N[C@H](C(=O)O)C(C)C)cccc1N1CCNC1=O. The third kappa shape index (κ3) is 3.44. The van der Waals surface area contributed by atoms with Crippen LogP contribution in [0.15, 0.2) is 18.2 Å². The van der Waals surface area contributed by atoms with Gasteiger partial charge in [0, 0.05) is 24.3 Å². The predicted molar refractivity (Wildman–Crippen MR) is 85.7 cm³/mol. The second-order valence-electron chi connectivity index (χ2n) is 5.87. The first-order valence-corrected chi connectivity index (χ1v) is 7.51. The molecule has 23 heavy (non-hydrogen) atoms. The number of hydrogen-bond acceptors (Lipinski definition) is 3. The fourth-order valence-electron chi connectivity index (χ4n) is 2.60. The molecule has 1 atom stereocenters. The Kier molecular flexibility index (Phi) is 4.88. The van der Waals surface area contributed by atoms with E-state index in [9.17, 15) is 19.5 Å². The fourth-order valence-corrected chi connectivity index (χ4v) is 2.60. The van der Waals surface area contributed by atoms with Gasteiger partial charge in [-0.1, -0.05) is 19.9 Å². The molecule has 7 heteroatoms. The van der Waals surface area contributed by atoms with Gasteiger partial charge in [-0.2, -0.15) is 0 Å². The highest BCUT2D eigenvalue weighted by molar-refractivity contribution is 6.01. The quantitative estimate of drug-likeness (QED) is 0.763. The van der Waals surface area contributed by atoms with Gasteiger partial charge in [0.25, 0.3) is 5.91 Å². The van der Waals surface area contributed by atoms with E-state index in [1.54, 1.807) is 43.9 Å². The summed E-state index contributed by atoms with van der Waals surface area (Å²) in [6.45, 7) is 6.31. The van der Waals surface area contributed by atoms with E-state index in [2.05, 4.69) is 10.6 Å². The lowest BCUT2D eigenvalue weighted by Crippen LogP contribution is -2.44. The van der Waals surface area contributed by atoms with Crippen LogP contribution in [0.25, 0.3) is 0 Å². The van der Waals surface area contributed by atoms with Gasteiger partial charge < -0.3 is 15.7 Å². The van der Waals surface area contributed by atoms with Gasteiger partial charge in [0.2, 0.25) is 0 Å². The normalized spacial score (nSPS) is 15.5. The Labute approximate surface area is 134 Å². The molecule has 3 N–H and O–H groups in total. The molecule has 1 fully saturated rings. The van der Waals surface area contributed by atoms with E-state index in [1.165, 1.54) is 0 Å². The number of aliphatic carboxylic acids is 1. The lowest BCUT2D eigenvalue weighted by atomic mass is 10.0. The fraction of sp³-hybridized carbons (Fsp3) is 0.438. The number of carbonyl (C=O) groups is 3. The molecule has 0 aromatic heterocycles. The molecule has 1 saturated heterocycles. The predicted octanol–water partition coefficient (Wildman–Crippen LogP) is 1.36. The number of rotatable bonds is 5. The average Bonchev–Trinajstić information content (AvgIpc) is 2.90. The average molecular weight is 319 g/mol. The van der Waals surface area contributed by atoms with Gasteiger partial charge >= 0.3 is 12.0 Å². The van der Waals surface area contributed by atoms with Gasteiger partial charge in [-0.05, 0) is 30.5 Å². The van der Waals surface area contributed by atoms with Crippen molar-refractivity contribution in [3.8, 4) is 0 Å². The molecule has 0 spiro atoms. The number of hydrogen-bond donors (Lipinski definition) is 3. The number of carboxylic acids is 1. The van der Waals surface area contributed by atoms with Crippen LogP contribution >= 0.6 is 0 Å². The highest BCUT2D eigenvalue weighted by Gasteiger charge is 2.27. The van der Waals surface area contributed by atoms with Crippen molar-refractivity contribution in [3.63, 3.8) is 0 Å². The van der Waals surface area contributed by atoms with Crippen LogP contribution in [-0.4, -0.2) is 42.1 Å². The number of carboxylic acid groups (broad SMARTS) is 1. The lowest BCUT2D eigenvalue weighted by molar-refractivity contribution is -0.140. The molecule has 124 valence electrons. The van der Waals surface area contributed by atoms with Crippen LogP contribution in [-0.2, 0) is 4.79 Å². The number of amides is 3. The van der Waals surface area contributed by atoms with Gasteiger partial charge in [0.1, 0.15) is 6.04 Å². The summed E-state index contributed by atoms with van der Waals surface area (Å²) in [5.41, 5.74) is 1.67. The summed E-state index contributed by atoms with van der Waals surface area (Å²) in [7, 11) is 0. The Bertz CT molecular complexity index is 642. The minimum Gasteiger partial charge on any atom is -0.480 e. The first kappa shape index (κ1) is 16.8. The maximum absolute atomic E-state index is 12.4. The molecule has 7 nitrogen and oxygen atoms in total. The summed E-state index contributed by atoms with van der Waals surface area (Å²) >= 11 is 0. The van der Waals surface area contributed by atoms with E-state index in [0.29, 0.717) is 29.9 Å². The zero-order chi connectivity index (χ0) is 17.1. The third-order valence-electron chi connectivity index (χ3n) is 3.92. The van der Waals surface area contributed by atoms with Gasteiger partial charge in [-0.25, -0.2) is 9.59 Å². The first-order chi connectivity index (χ1) is 10.8. The van der Waals surface area contributed by atoms with Crippen LogP contribution < -0.4 is 15.5 Å². The number of anilines is 1. The molecule has 1 heterocycles. The maximum atomic E-state index is 12.4. The summed E-state index contributed by atoms with van der Waals surface area (Å²) in [5.74, 6) is -1.75. The monoisotopic (exact) mass is 319 g/mol. The van der Waals surface area contributed by atoms with Crippen LogP contribution in [0.3, 0.4) is 0 Å². The van der Waals surface area contributed by atoms with Crippen LogP contribution in [0.5, 0.6) is 0 Å². The summed E-state index contributed by atoms with van der Waals surface area (Å²) in [4.78, 5) is 37.0. The largest absolute Gasteiger partial charge is 0.480 e. The molecular formula is C16H21N3O4. The summed E-state index contributed by atoms with van der Waals surface area (Å²) in [6, 6.07) is 3.93. The molecule has 0 bridgehead atoms. The van der Waals surface area contributed by atoms with Crippen molar-refractivity contribution in [1.82, 2.24) is 10.6 Å². The number of carbonyl (C=O) groups excluding carboxylic acids is 2. The third-order valence-corrected chi connectivity index (χ3v) is 3.92. The van der Waals surface area contributed by atoms with E-state index in [1.807, 2.05) is 0 Å². The molecule has 1 aliphatic heterocycles. The first-order valence-electron chi connectivity index (χ1n) is 7.51. The van der Waals surface area contributed by atoms with Crippen molar-refractivity contribution >= 4 is 23.6 Å². The van der Waals surface area contributed by atoms with Gasteiger partial charge in [-0.15, -0.1) is 0 Å². The van der Waals surface area contributed by atoms with Gasteiger partial charge in [-0.3, -0.25) is 9.69 Å². The van der Waals surface area contributed by atoms with E-state index >= 15 is 0 Å². The second-order valence-corrected chi connectivity index (χ2v) is 5.87. The molecule has 1 aromatic carbocycles. The highest BCUT2D eigenvalue weighted by Crippen LogP contribution is 2.24. The molecule has 0 unspecified atom stereocenters. The minimum absolute atomic E-state index is 0.198. The standard InChI is InChI=1S/C16H21N3O4/c1-9(2)13(15(21)22)18-14(20)11-5-4-6-12(10(11)3)19-8-7-17-16(19)23/h4-6,9,13H,7-8H2,1-3H3,(H,17,23)(H,18,20)(H,21,22)/t13-/m0/s1. The van der Waals surface area contributed by atoms with Crippen molar-refractivity contribution < 1.29 is 19.5 Å². The number of benzene rings is 1. The molecule has 0 radical (unpaired) electrons. The van der Waals surface area contributed by atoms with Crippen molar-refractivity contribution in [2.45, 2.75) is 26.8 Å². The Hall–Kier alpha value is -2.57. The van der Waals surface area contributed by atoms with Crippen molar-refractivity contribution in [1.29, 1.82) is 0 Å². The summed E-state index contributed by atoms with van der Waals surface area (Å²) in [5, 5.41) is 14.5. The van der Waals surface area contributed by atoms with Crippen molar-refractivity contribution in [2.24, 2.45) is 5.92 Å². The smallest absolute Gasteiger partial charge is 0.326 e. The van der Waals surface area contributed by atoms with Crippen molar-refractivity contribution in [3.05, 3.63) is 29.3 Å². The molecule has 3 amide bonds. The van der Waals surface area contributed by atoms with Gasteiger partial charge in [0.05, 0.1) is 0 Å². The number of urea groups is 1.